The number of carbonyl (C=O) groups is 1. The Balaban J connectivity index is 2.55. The van der Waals surface area contributed by atoms with E-state index in [0.717, 1.165) is 12.0 Å². The van der Waals surface area contributed by atoms with Gasteiger partial charge in [-0.3, -0.25) is 4.79 Å². The van der Waals surface area contributed by atoms with E-state index in [2.05, 4.69) is 19.2 Å². The predicted octanol–water partition coefficient (Wildman–Crippen LogP) is 2.39. The van der Waals surface area contributed by atoms with E-state index < -0.39 is 6.10 Å². The van der Waals surface area contributed by atoms with Crippen LogP contribution in [-0.4, -0.2) is 23.7 Å². The highest BCUT2D eigenvalue weighted by Crippen LogP contribution is 2.09. The summed E-state index contributed by atoms with van der Waals surface area (Å²) in [7, 11) is 0. The molecular weight excluding hydrogens is 226 g/mol. The first-order valence-corrected chi connectivity index (χ1v) is 6.58. The fraction of sp³-hybridized carbons (Fsp3) is 0.533. The van der Waals surface area contributed by atoms with Crippen LogP contribution in [0.1, 0.15) is 43.1 Å². The van der Waals surface area contributed by atoms with Crippen molar-refractivity contribution in [1.82, 2.24) is 5.32 Å². The van der Waals surface area contributed by atoms with Gasteiger partial charge in [0.05, 0.1) is 6.10 Å². The fourth-order valence-corrected chi connectivity index (χ4v) is 1.98. The van der Waals surface area contributed by atoms with E-state index in [-0.39, 0.29) is 5.91 Å². The maximum atomic E-state index is 12.0. The number of aryl methyl sites for hydroxylation is 1. The molecule has 0 saturated carbocycles. The molecule has 0 heterocycles. The molecule has 0 saturated heterocycles. The lowest BCUT2D eigenvalue weighted by molar-refractivity contribution is 0.0899. The molecule has 1 atom stereocenters. The third kappa shape index (κ3) is 4.49. The predicted molar refractivity (Wildman–Crippen MR) is 73.6 cm³/mol. The summed E-state index contributed by atoms with van der Waals surface area (Å²) >= 11 is 0. The van der Waals surface area contributed by atoms with Gasteiger partial charge in [-0.05, 0) is 30.4 Å². The van der Waals surface area contributed by atoms with E-state index in [0.29, 0.717) is 24.4 Å². The van der Waals surface area contributed by atoms with Crippen LogP contribution in [0.3, 0.4) is 0 Å². The summed E-state index contributed by atoms with van der Waals surface area (Å²) < 4.78 is 0. The average Bonchev–Trinajstić information content (AvgIpc) is 2.35. The molecule has 1 unspecified atom stereocenters. The Bertz CT molecular complexity index is 388. The topological polar surface area (TPSA) is 49.3 Å². The number of benzene rings is 1. The minimum absolute atomic E-state index is 0.102. The Morgan fingerprint density at radius 2 is 2.00 bits per heavy atom. The molecule has 0 aliphatic carbocycles. The maximum absolute atomic E-state index is 12.0. The highest BCUT2D eigenvalue weighted by atomic mass is 16.3. The van der Waals surface area contributed by atoms with Gasteiger partial charge in [-0.2, -0.15) is 0 Å². The van der Waals surface area contributed by atoms with Gasteiger partial charge in [0.25, 0.3) is 5.91 Å². The fourth-order valence-electron chi connectivity index (χ4n) is 1.98. The first-order valence-electron chi connectivity index (χ1n) is 6.58. The van der Waals surface area contributed by atoms with Crippen molar-refractivity contribution in [2.45, 2.75) is 39.7 Å². The molecule has 100 valence electrons. The lowest BCUT2D eigenvalue weighted by Gasteiger charge is -2.14. The number of rotatable bonds is 6. The molecule has 0 spiro atoms. The normalized spacial score (nSPS) is 12.5. The van der Waals surface area contributed by atoms with Crippen LogP contribution in [0.5, 0.6) is 0 Å². The van der Waals surface area contributed by atoms with Crippen LogP contribution >= 0.6 is 0 Å². The Morgan fingerprint density at radius 3 is 2.61 bits per heavy atom. The summed E-state index contributed by atoms with van der Waals surface area (Å²) in [5, 5.41) is 12.5. The van der Waals surface area contributed by atoms with Crippen molar-refractivity contribution in [3.8, 4) is 0 Å². The molecule has 2 N–H and O–H groups in total. The Labute approximate surface area is 109 Å². The van der Waals surface area contributed by atoms with Crippen LogP contribution in [0.4, 0.5) is 0 Å². The van der Waals surface area contributed by atoms with Crippen molar-refractivity contribution in [3.63, 3.8) is 0 Å². The van der Waals surface area contributed by atoms with Crippen molar-refractivity contribution in [2.24, 2.45) is 5.92 Å². The molecule has 3 nitrogen and oxygen atoms in total. The van der Waals surface area contributed by atoms with Gasteiger partial charge in [-0.25, -0.2) is 0 Å². The molecule has 0 radical (unpaired) electrons. The molecule has 1 amide bonds. The van der Waals surface area contributed by atoms with Crippen molar-refractivity contribution in [2.75, 3.05) is 6.54 Å². The second-order valence-corrected chi connectivity index (χ2v) is 5.00. The van der Waals surface area contributed by atoms with Gasteiger partial charge >= 0.3 is 0 Å². The van der Waals surface area contributed by atoms with E-state index in [4.69, 9.17) is 0 Å². The second kappa shape index (κ2) is 7.17. The molecule has 0 bridgehead atoms. The number of aliphatic hydroxyl groups excluding tert-OH is 1. The second-order valence-electron chi connectivity index (χ2n) is 5.00. The maximum Gasteiger partial charge on any atom is 0.251 e. The van der Waals surface area contributed by atoms with Gasteiger partial charge in [0, 0.05) is 12.1 Å². The molecule has 0 aromatic heterocycles. The number of aliphatic hydroxyl groups is 1. The number of carbonyl (C=O) groups excluding carboxylic acids is 1. The summed E-state index contributed by atoms with van der Waals surface area (Å²) in [5.41, 5.74) is 1.74. The van der Waals surface area contributed by atoms with E-state index in [1.54, 1.807) is 0 Å². The van der Waals surface area contributed by atoms with Gasteiger partial charge < -0.3 is 10.4 Å². The van der Waals surface area contributed by atoms with Crippen molar-refractivity contribution < 1.29 is 9.90 Å². The Hall–Kier alpha value is -1.35. The number of hydrogen-bond acceptors (Lipinski definition) is 2. The minimum Gasteiger partial charge on any atom is -0.391 e. The third-order valence-corrected chi connectivity index (χ3v) is 2.88. The molecule has 1 aromatic carbocycles. The quantitative estimate of drug-likeness (QED) is 0.813. The highest BCUT2D eigenvalue weighted by molar-refractivity contribution is 5.95. The SMILES string of the molecule is CCc1ccccc1C(=O)NCC(O)CC(C)C. The van der Waals surface area contributed by atoms with Crippen LogP contribution < -0.4 is 5.32 Å². The number of nitrogens with one attached hydrogen (secondary N) is 1. The van der Waals surface area contributed by atoms with Gasteiger partial charge in [0.1, 0.15) is 0 Å². The minimum atomic E-state index is -0.470. The van der Waals surface area contributed by atoms with Crippen molar-refractivity contribution in [3.05, 3.63) is 35.4 Å². The van der Waals surface area contributed by atoms with Crippen LogP contribution in [0.15, 0.2) is 24.3 Å². The molecule has 1 aromatic rings. The number of hydrogen-bond donors (Lipinski definition) is 2. The molecule has 1 rings (SSSR count). The highest BCUT2D eigenvalue weighted by Gasteiger charge is 2.12. The smallest absolute Gasteiger partial charge is 0.251 e. The summed E-state index contributed by atoms with van der Waals surface area (Å²) in [4.78, 5) is 12.0. The molecule has 0 aliphatic heterocycles. The molecule has 0 fully saturated rings. The summed E-state index contributed by atoms with van der Waals surface area (Å²) in [6, 6.07) is 7.57. The lowest BCUT2D eigenvalue weighted by atomic mass is 10.0. The Kier molecular flexibility index (Phi) is 5.86. The zero-order valence-electron chi connectivity index (χ0n) is 11.4. The summed E-state index contributed by atoms with van der Waals surface area (Å²) in [6.45, 7) is 6.45. The van der Waals surface area contributed by atoms with Gasteiger partial charge in [-0.15, -0.1) is 0 Å². The van der Waals surface area contributed by atoms with Gasteiger partial charge in [0.15, 0.2) is 0 Å². The summed E-state index contributed by atoms with van der Waals surface area (Å²) in [6.07, 6.45) is 1.07. The van der Waals surface area contributed by atoms with Crippen molar-refractivity contribution in [1.29, 1.82) is 0 Å². The van der Waals surface area contributed by atoms with E-state index in [1.807, 2.05) is 31.2 Å². The third-order valence-electron chi connectivity index (χ3n) is 2.88. The summed E-state index contributed by atoms with van der Waals surface area (Å²) in [5.74, 6) is 0.329. The first-order chi connectivity index (χ1) is 8.54. The standard InChI is InChI=1S/C15H23NO2/c1-4-12-7-5-6-8-14(12)15(18)16-10-13(17)9-11(2)3/h5-8,11,13,17H,4,9-10H2,1-3H3,(H,16,18). The van der Waals surface area contributed by atoms with E-state index in [1.165, 1.54) is 0 Å². The molecule has 3 heteroatoms. The van der Waals surface area contributed by atoms with Crippen LogP contribution in [0, 0.1) is 5.92 Å². The molecule has 18 heavy (non-hydrogen) atoms. The van der Waals surface area contributed by atoms with Crippen LogP contribution in [0.2, 0.25) is 0 Å². The van der Waals surface area contributed by atoms with E-state index in [9.17, 15) is 9.90 Å². The van der Waals surface area contributed by atoms with Gasteiger partial charge in [-0.1, -0.05) is 39.0 Å². The van der Waals surface area contributed by atoms with Gasteiger partial charge in [0.2, 0.25) is 0 Å². The molecule has 0 aliphatic rings. The zero-order chi connectivity index (χ0) is 13.5. The monoisotopic (exact) mass is 249 g/mol. The largest absolute Gasteiger partial charge is 0.391 e. The van der Waals surface area contributed by atoms with Crippen molar-refractivity contribution >= 4 is 5.91 Å². The number of amides is 1. The van der Waals surface area contributed by atoms with E-state index >= 15 is 0 Å². The van der Waals surface area contributed by atoms with Crippen LogP contribution in [0.25, 0.3) is 0 Å². The van der Waals surface area contributed by atoms with Crippen LogP contribution in [-0.2, 0) is 6.42 Å². The average molecular weight is 249 g/mol. The Morgan fingerprint density at radius 1 is 1.33 bits per heavy atom. The lowest BCUT2D eigenvalue weighted by Crippen LogP contribution is -2.33. The first kappa shape index (κ1) is 14.7. The molecular formula is C15H23NO2. The zero-order valence-corrected chi connectivity index (χ0v) is 11.4.